The summed E-state index contributed by atoms with van der Waals surface area (Å²) in [7, 11) is 0. The van der Waals surface area contributed by atoms with E-state index in [-0.39, 0.29) is 11.0 Å². The molecule has 0 aromatic heterocycles. The van der Waals surface area contributed by atoms with Gasteiger partial charge in [0.2, 0.25) is 0 Å². The highest BCUT2D eigenvalue weighted by Crippen LogP contribution is 2.18. The Hall–Kier alpha value is -1.56. The molecule has 108 valence electrons. The molecule has 2 aromatic rings. The second-order valence-electron chi connectivity index (χ2n) is 4.15. The standard InChI is InChI=1S/C15H13ClN2OS2/c1-21-13-4-2-3-12(9-13)17-15(20)18-14(19)10-5-7-11(16)8-6-10/h2-9H,1H3,(H2,17,18,19,20). The number of rotatable bonds is 3. The van der Waals surface area contributed by atoms with Crippen molar-refractivity contribution < 1.29 is 4.79 Å². The van der Waals surface area contributed by atoms with E-state index in [1.807, 2.05) is 30.5 Å². The number of halogens is 1. The van der Waals surface area contributed by atoms with Crippen molar-refractivity contribution in [3.05, 3.63) is 59.1 Å². The first kappa shape index (κ1) is 15.8. The number of anilines is 1. The van der Waals surface area contributed by atoms with Crippen molar-refractivity contribution in [3.63, 3.8) is 0 Å². The van der Waals surface area contributed by atoms with E-state index in [1.54, 1.807) is 36.0 Å². The lowest BCUT2D eigenvalue weighted by molar-refractivity contribution is 0.0978. The molecule has 1 amide bonds. The molecule has 0 unspecified atom stereocenters. The van der Waals surface area contributed by atoms with Gasteiger partial charge < -0.3 is 5.32 Å². The third-order valence-electron chi connectivity index (χ3n) is 2.66. The number of carbonyl (C=O) groups is 1. The third-order valence-corrected chi connectivity index (χ3v) is 3.84. The van der Waals surface area contributed by atoms with Crippen LogP contribution in [0.2, 0.25) is 5.02 Å². The van der Waals surface area contributed by atoms with E-state index in [1.165, 1.54) is 0 Å². The summed E-state index contributed by atoms with van der Waals surface area (Å²) < 4.78 is 0. The minimum atomic E-state index is -0.273. The van der Waals surface area contributed by atoms with Crippen molar-refractivity contribution in [2.45, 2.75) is 4.90 Å². The van der Waals surface area contributed by atoms with Gasteiger partial charge in [-0.2, -0.15) is 0 Å². The third kappa shape index (κ3) is 4.74. The molecule has 0 spiro atoms. The Kier molecular flexibility index (Phi) is 5.61. The first-order valence-electron chi connectivity index (χ1n) is 6.10. The van der Waals surface area contributed by atoms with Gasteiger partial charge in [-0.3, -0.25) is 10.1 Å². The number of thioether (sulfide) groups is 1. The number of hydrogen-bond acceptors (Lipinski definition) is 3. The van der Waals surface area contributed by atoms with E-state index in [9.17, 15) is 4.79 Å². The zero-order chi connectivity index (χ0) is 15.2. The van der Waals surface area contributed by atoms with Crippen molar-refractivity contribution in [2.24, 2.45) is 0 Å². The maximum absolute atomic E-state index is 12.0. The highest BCUT2D eigenvalue weighted by Gasteiger charge is 2.07. The molecule has 0 heterocycles. The molecule has 3 nitrogen and oxygen atoms in total. The minimum Gasteiger partial charge on any atom is -0.332 e. The van der Waals surface area contributed by atoms with Crippen LogP contribution in [0.4, 0.5) is 5.69 Å². The summed E-state index contributed by atoms with van der Waals surface area (Å²) in [6.07, 6.45) is 2.00. The average Bonchev–Trinajstić information content (AvgIpc) is 2.47. The average molecular weight is 337 g/mol. The normalized spacial score (nSPS) is 10.0. The lowest BCUT2D eigenvalue weighted by Gasteiger charge is -2.10. The van der Waals surface area contributed by atoms with E-state index in [2.05, 4.69) is 10.6 Å². The van der Waals surface area contributed by atoms with Gasteiger partial charge in [0.1, 0.15) is 0 Å². The van der Waals surface area contributed by atoms with Crippen LogP contribution < -0.4 is 10.6 Å². The van der Waals surface area contributed by atoms with Gasteiger partial charge in [0.25, 0.3) is 5.91 Å². The van der Waals surface area contributed by atoms with Crippen LogP contribution in [0.3, 0.4) is 0 Å². The first-order chi connectivity index (χ1) is 10.1. The van der Waals surface area contributed by atoms with Gasteiger partial charge in [-0.1, -0.05) is 17.7 Å². The molecule has 0 aliphatic heterocycles. The van der Waals surface area contributed by atoms with E-state index in [0.29, 0.717) is 10.6 Å². The van der Waals surface area contributed by atoms with E-state index in [4.69, 9.17) is 23.8 Å². The fraction of sp³-hybridized carbons (Fsp3) is 0.0667. The van der Waals surface area contributed by atoms with Gasteiger partial charge in [0.05, 0.1) is 0 Å². The predicted molar refractivity (Wildman–Crippen MR) is 93.4 cm³/mol. The molecule has 0 atom stereocenters. The lowest BCUT2D eigenvalue weighted by atomic mass is 10.2. The number of hydrogen-bond donors (Lipinski definition) is 2. The fourth-order valence-corrected chi connectivity index (χ4v) is 2.44. The van der Waals surface area contributed by atoms with Gasteiger partial charge in [0, 0.05) is 21.2 Å². The molecule has 2 N–H and O–H groups in total. The number of carbonyl (C=O) groups excluding carboxylic acids is 1. The number of amides is 1. The molecule has 0 fully saturated rings. The molecule has 2 aromatic carbocycles. The molecule has 0 aliphatic rings. The van der Waals surface area contributed by atoms with Crippen LogP contribution in [0.1, 0.15) is 10.4 Å². The zero-order valence-electron chi connectivity index (χ0n) is 11.2. The molecular formula is C15H13ClN2OS2. The summed E-state index contributed by atoms with van der Waals surface area (Å²) >= 11 is 12.6. The molecule has 0 saturated heterocycles. The molecule has 0 saturated carbocycles. The molecular weight excluding hydrogens is 324 g/mol. The van der Waals surface area contributed by atoms with E-state index in [0.717, 1.165) is 10.6 Å². The van der Waals surface area contributed by atoms with Crippen LogP contribution in [0.25, 0.3) is 0 Å². The van der Waals surface area contributed by atoms with Crippen LogP contribution >= 0.6 is 35.6 Å². The van der Waals surface area contributed by atoms with Gasteiger partial charge in [0.15, 0.2) is 5.11 Å². The predicted octanol–water partition coefficient (Wildman–Crippen LogP) is 4.19. The Morgan fingerprint density at radius 2 is 1.90 bits per heavy atom. The second-order valence-corrected chi connectivity index (χ2v) is 5.87. The summed E-state index contributed by atoms with van der Waals surface area (Å²) in [6.45, 7) is 0. The van der Waals surface area contributed by atoms with Crippen LogP contribution in [0.5, 0.6) is 0 Å². The van der Waals surface area contributed by atoms with Gasteiger partial charge >= 0.3 is 0 Å². The SMILES string of the molecule is CSc1cccc(NC(=S)NC(=O)c2ccc(Cl)cc2)c1. The quantitative estimate of drug-likeness (QED) is 0.651. The van der Waals surface area contributed by atoms with Crippen molar-refractivity contribution in [1.82, 2.24) is 5.32 Å². The van der Waals surface area contributed by atoms with Crippen molar-refractivity contribution >= 4 is 52.3 Å². The summed E-state index contributed by atoms with van der Waals surface area (Å²) in [5, 5.41) is 6.46. The Labute approximate surface area is 138 Å². The van der Waals surface area contributed by atoms with Gasteiger partial charge in [-0.25, -0.2) is 0 Å². The molecule has 21 heavy (non-hydrogen) atoms. The molecule has 0 bridgehead atoms. The number of benzene rings is 2. The van der Waals surface area contributed by atoms with Crippen molar-refractivity contribution in [2.75, 3.05) is 11.6 Å². The van der Waals surface area contributed by atoms with Crippen LogP contribution in [0.15, 0.2) is 53.4 Å². The first-order valence-corrected chi connectivity index (χ1v) is 8.11. The minimum absolute atomic E-state index is 0.258. The van der Waals surface area contributed by atoms with Gasteiger partial charge in [-0.15, -0.1) is 11.8 Å². The highest BCUT2D eigenvalue weighted by atomic mass is 35.5. The maximum atomic E-state index is 12.0. The van der Waals surface area contributed by atoms with E-state index < -0.39 is 0 Å². The molecule has 2 rings (SSSR count). The fourth-order valence-electron chi connectivity index (χ4n) is 1.64. The summed E-state index contributed by atoms with van der Waals surface area (Å²) in [5.41, 5.74) is 1.34. The summed E-state index contributed by atoms with van der Waals surface area (Å²) in [4.78, 5) is 13.1. The number of thiocarbonyl (C=S) groups is 1. The summed E-state index contributed by atoms with van der Waals surface area (Å²) in [5.74, 6) is -0.273. The van der Waals surface area contributed by atoms with Crippen molar-refractivity contribution in [3.8, 4) is 0 Å². The lowest BCUT2D eigenvalue weighted by Crippen LogP contribution is -2.34. The largest absolute Gasteiger partial charge is 0.332 e. The second kappa shape index (κ2) is 7.45. The Balaban J connectivity index is 1.97. The van der Waals surface area contributed by atoms with Crippen LogP contribution in [-0.4, -0.2) is 17.3 Å². The molecule has 0 radical (unpaired) electrons. The Morgan fingerprint density at radius 1 is 1.19 bits per heavy atom. The number of nitrogens with one attached hydrogen (secondary N) is 2. The highest BCUT2D eigenvalue weighted by molar-refractivity contribution is 7.98. The van der Waals surface area contributed by atoms with Gasteiger partial charge in [-0.05, 0) is 60.9 Å². The Morgan fingerprint density at radius 3 is 2.57 bits per heavy atom. The van der Waals surface area contributed by atoms with Crippen molar-refractivity contribution in [1.29, 1.82) is 0 Å². The molecule has 0 aliphatic carbocycles. The monoisotopic (exact) mass is 336 g/mol. The smallest absolute Gasteiger partial charge is 0.257 e. The Bertz CT molecular complexity index is 659. The zero-order valence-corrected chi connectivity index (χ0v) is 13.6. The summed E-state index contributed by atoms with van der Waals surface area (Å²) in [6, 6.07) is 14.4. The molecule has 6 heteroatoms. The van der Waals surface area contributed by atoms with Crippen LogP contribution in [0, 0.1) is 0 Å². The maximum Gasteiger partial charge on any atom is 0.257 e. The van der Waals surface area contributed by atoms with E-state index >= 15 is 0 Å². The topological polar surface area (TPSA) is 41.1 Å². The van der Waals surface area contributed by atoms with Crippen LogP contribution in [-0.2, 0) is 0 Å².